The molecule has 1 fully saturated rings. The molecule has 0 radical (unpaired) electrons. The molecule has 5 nitrogen and oxygen atoms in total. The van der Waals surface area contributed by atoms with E-state index in [1.165, 1.54) is 5.56 Å². The number of amides is 2. The monoisotopic (exact) mass is 354 g/mol. The molecule has 2 aromatic carbocycles. The first-order valence-electron chi connectivity index (χ1n) is 8.83. The summed E-state index contributed by atoms with van der Waals surface area (Å²) in [6.07, 6.45) is 2.13. The summed E-state index contributed by atoms with van der Waals surface area (Å²) in [5.41, 5.74) is 2.21. The summed E-state index contributed by atoms with van der Waals surface area (Å²) in [4.78, 5) is 14.2. The third-order valence-corrected chi connectivity index (χ3v) is 5.01. The predicted octanol–water partition coefficient (Wildman–Crippen LogP) is 3.58. The summed E-state index contributed by atoms with van der Waals surface area (Å²) in [5, 5.41) is 3.08. The van der Waals surface area contributed by atoms with Crippen LogP contribution >= 0.6 is 0 Å². The van der Waals surface area contributed by atoms with Crippen LogP contribution in [0.25, 0.3) is 0 Å². The van der Waals surface area contributed by atoms with Gasteiger partial charge in [0.05, 0.1) is 14.2 Å². The summed E-state index contributed by atoms with van der Waals surface area (Å²) in [6, 6.07) is 15.8. The predicted molar refractivity (Wildman–Crippen MR) is 102 cm³/mol. The number of methoxy groups -OCH3 is 2. The number of nitrogens with zero attached hydrogens (tertiary/aromatic N) is 1. The lowest BCUT2D eigenvalue weighted by molar-refractivity contribution is 0.205. The molecule has 1 N–H and O–H groups in total. The highest BCUT2D eigenvalue weighted by atomic mass is 16.5. The van der Waals surface area contributed by atoms with Crippen molar-refractivity contribution in [2.45, 2.75) is 24.8 Å². The Balaban J connectivity index is 1.59. The van der Waals surface area contributed by atoms with Crippen LogP contribution in [0, 0.1) is 0 Å². The van der Waals surface area contributed by atoms with Crippen LogP contribution in [0.5, 0.6) is 11.5 Å². The van der Waals surface area contributed by atoms with Gasteiger partial charge in [0.25, 0.3) is 0 Å². The van der Waals surface area contributed by atoms with Crippen LogP contribution in [0.1, 0.15) is 24.0 Å². The van der Waals surface area contributed by atoms with Crippen LogP contribution in [-0.4, -0.2) is 38.7 Å². The van der Waals surface area contributed by atoms with Gasteiger partial charge in [0.1, 0.15) is 11.5 Å². The average molecular weight is 354 g/mol. The van der Waals surface area contributed by atoms with Gasteiger partial charge in [0.15, 0.2) is 0 Å². The SMILES string of the molecule is COc1cccc(CN(C)C(=O)NCC2(c3ccccc3OC)CC2)c1. The number of urea groups is 1. The van der Waals surface area contributed by atoms with Gasteiger partial charge in [-0.15, -0.1) is 0 Å². The maximum atomic E-state index is 12.5. The van der Waals surface area contributed by atoms with Gasteiger partial charge in [-0.2, -0.15) is 0 Å². The summed E-state index contributed by atoms with van der Waals surface area (Å²) >= 11 is 0. The van der Waals surface area contributed by atoms with E-state index in [0.29, 0.717) is 13.1 Å². The zero-order chi connectivity index (χ0) is 18.6. The minimum atomic E-state index is -0.0750. The number of para-hydroxylation sites is 1. The van der Waals surface area contributed by atoms with Gasteiger partial charge in [-0.1, -0.05) is 30.3 Å². The minimum Gasteiger partial charge on any atom is -0.497 e. The Morgan fingerprint density at radius 2 is 1.88 bits per heavy atom. The first kappa shape index (κ1) is 18.1. The quantitative estimate of drug-likeness (QED) is 0.827. The van der Waals surface area contributed by atoms with Gasteiger partial charge < -0.3 is 19.7 Å². The Morgan fingerprint density at radius 3 is 2.58 bits per heavy atom. The second-order valence-corrected chi connectivity index (χ2v) is 6.85. The van der Waals surface area contributed by atoms with E-state index in [9.17, 15) is 4.79 Å². The highest BCUT2D eigenvalue weighted by molar-refractivity contribution is 5.74. The molecule has 1 aliphatic carbocycles. The Kier molecular flexibility index (Phi) is 5.35. The second kappa shape index (κ2) is 7.68. The molecule has 138 valence electrons. The van der Waals surface area contributed by atoms with E-state index in [0.717, 1.165) is 29.9 Å². The number of carbonyl (C=O) groups is 1. The van der Waals surface area contributed by atoms with Crippen LogP contribution in [0.3, 0.4) is 0 Å². The first-order valence-corrected chi connectivity index (χ1v) is 8.83. The van der Waals surface area contributed by atoms with Crippen LogP contribution in [0.15, 0.2) is 48.5 Å². The number of benzene rings is 2. The molecule has 0 saturated heterocycles. The highest BCUT2D eigenvalue weighted by Gasteiger charge is 2.46. The summed E-state index contributed by atoms with van der Waals surface area (Å²) in [7, 11) is 5.13. The lowest BCUT2D eigenvalue weighted by Crippen LogP contribution is -2.40. The normalized spacial score (nSPS) is 14.4. The van der Waals surface area contributed by atoms with Gasteiger partial charge >= 0.3 is 6.03 Å². The number of hydrogen-bond donors (Lipinski definition) is 1. The number of hydrogen-bond acceptors (Lipinski definition) is 3. The number of rotatable bonds is 7. The molecule has 0 aromatic heterocycles. The summed E-state index contributed by atoms with van der Waals surface area (Å²) in [6.45, 7) is 1.15. The lowest BCUT2D eigenvalue weighted by Gasteiger charge is -2.23. The second-order valence-electron chi connectivity index (χ2n) is 6.85. The Labute approximate surface area is 154 Å². The van der Waals surface area contributed by atoms with Crippen LogP contribution < -0.4 is 14.8 Å². The van der Waals surface area contributed by atoms with E-state index in [1.807, 2.05) is 42.5 Å². The van der Waals surface area contributed by atoms with Gasteiger partial charge in [-0.3, -0.25) is 0 Å². The van der Waals surface area contributed by atoms with Crippen LogP contribution in [0.2, 0.25) is 0 Å². The zero-order valence-electron chi connectivity index (χ0n) is 15.6. The van der Waals surface area contributed by atoms with Crippen molar-refractivity contribution in [3.8, 4) is 11.5 Å². The molecule has 0 heterocycles. The molecule has 0 aliphatic heterocycles. The molecule has 0 unspecified atom stereocenters. The molecule has 2 amide bonds. The summed E-state index contributed by atoms with van der Waals surface area (Å²) < 4.78 is 10.7. The smallest absolute Gasteiger partial charge is 0.317 e. The largest absolute Gasteiger partial charge is 0.497 e. The number of carbonyl (C=O) groups excluding carboxylic acids is 1. The Hall–Kier alpha value is -2.69. The van der Waals surface area contributed by atoms with E-state index >= 15 is 0 Å². The topological polar surface area (TPSA) is 50.8 Å². The third-order valence-electron chi connectivity index (χ3n) is 5.01. The average Bonchev–Trinajstić information content (AvgIpc) is 3.47. The van der Waals surface area contributed by atoms with E-state index in [1.54, 1.807) is 26.2 Å². The fraction of sp³-hybridized carbons (Fsp3) is 0.381. The molecule has 26 heavy (non-hydrogen) atoms. The molecule has 0 atom stereocenters. The Bertz CT molecular complexity index is 771. The van der Waals surface area contributed by atoms with E-state index in [2.05, 4.69) is 11.4 Å². The van der Waals surface area contributed by atoms with Crippen LogP contribution in [0.4, 0.5) is 4.79 Å². The molecule has 2 aromatic rings. The standard InChI is InChI=1S/C21H26N2O3/c1-23(14-16-7-6-8-17(13-16)25-2)20(24)22-15-21(11-12-21)18-9-4-5-10-19(18)26-3/h4-10,13H,11-12,14-15H2,1-3H3,(H,22,24). The van der Waals surface area contributed by atoms with Crippen molar-refractivity contribution >= 4 is 6.03 Å². The maximum absolute atomic E-state index is 12.5. The number of ether oxygens (including phenoxy) is 2. The van der Waals surface area contributed by atoms with Crippen molar-refractivity contribution < 1.29 is 14.3 Å². The van der Waals surface area contributed by atoms with Crippen molar-refractivity contribution in [1.29, 1.82) is 0 Å². The molecule has 0 bridgehead atoms. The Morgan fingerprint density at radius 1 is 1.12 bits per heavy atom. The zero-order valence-corrected chi connectivity index (χ0v) is 15.6. The van der Waals surface area contributed by atoms with E-state index < -0.39 is 0 Å². The molecule has 3 rings (SSSR count). The third kappa shape index (κ3) is 3.93. The van der Waals surface area contributed by atoms with Crippen molar-refractivity contribution in [1.82, 2.24) is 10.2 Å². The molecule has 1 saturated carbocycles. The number of nitrogens with one attached hydrogen (secondary N) is 1. The van der Waals surface area contributed by atoms with E-state index in [4.69, 9.17) is 9.47 Å². The molecular weight excluding hydrogens is 328 g/mol. The van der Waals surface area contributed by atoms with Crippen molar-refractivity contribution in [2.75, 3.05) is 27.8 Å². The first-order chi connectivity index (χ1) is 12.6. The van der Waals surface area contributed by atoms with Crippen molar-refractivity contribution in [2.24, 2.45) is 0 Å². The highest BCUT2D eigenvalue weighted by Crippen LogP contribution is 2.50. The van der Waals surface area contributed by atoms with Gasteiger partial charge in [0, 0.05) is 31.1 Å². The van der Waals surface area contributed by atoms with Gasteiger partial charge in [-0.25, -0.2) is 4.79 Å². The maximum Gasteiger partial charge on any atom is 0.317 e. The van der Waals surface area contributed by atoms with E-state index in [-0.39, 0.29) is 11.4 Å². The van der Waals surface area contributed by atoms with Crippen LogP contribution in [-0.2, 0) is 12.0 Å². The lowest BCUT2D eigenvalue weighted by atomic mass is 9.95. The fourth-order valence-electron chi connectivity index (χ4n) is 3.27. The molecular formula is C21H26N2O3. The molecule has 0 spiro atoms. The van der Waals surface area contributed by atoms with Gasteiger partial charge in [0.2, 0.25) is 0 Å². The minimum absolute atomic E-state index is 0.000922. The van der Waals surface area contributed by atoms with Gasteiger partial charge in [-0.05, 0) is 36.6 Å². The summed E-state index contributed by atoms with van der Waals surface area (Å²) in [5.74, 6) is 1.69. The van der Waals surface area contributed by atoms with Crippen molar-refractivity contribution in [3.05, 3.63) is 59.7 Å². The molecule has 5 heteroatoms. The van der Waals surface area contributed by atoms with Crippen molar-refractivity contribution in [3.63, 3.8) is 0 Å². The molecule has 1 aliphatic rings. The fourth-order valence-corrected chi connectivity index (χ4v) is 3.27.